The van der Waals surface area contributed by atoms with Crippen molar-refractivity contribution < 1.29 is 19.2 Å². The Morgan fingerprint density at radius 3 is 2.59 bits per heavy atom. The monoisotopic (exact) mass is 393 g/mol. The fraction of sp³-hybridized carbons (Fsp3) is 0.364. The number of carbonyl (C=O) groups excluding carboxylic acids is 1. The lowest BCUT2D eigenvalue weighted by Gasteiger charge is -2.34. The first-order chi connectivity index (χ1) is 13.8. The largest absolute Gasteiger partial charge is 0.481 e. The third kappa shape index (κ3) is 3.60. The number of aliphatic carboxylic acids is 1. The molecule has 1 amide bonds. The number of piperidine rings is 1. The second-order valence-corrected chi connectivity index (χ2v) is 7.96. The fourth-order valence-corrected chi connectivity index (χ4v) is 4.00. The molecule has 4 rings (SSSR count). The molecule has 1 saturated heterocycles. The number of aromatic nitrogens is 2. The number of benzene rings is 1. The van der Waals surface area contributed by atoms with Crippen LogP contribution in [0.2, 0.25) is 0 Å². The van der Waals surface area contributed by atoms with Crippen molar-refractivity contribution in [2.45, 2.75) is 27.2 Å². The zero-order chi connectivity index (χ0) is 20.7. The maximum absolute atomic E-state index is 13.5. The van der Waals surface area contributed by atoms with Crippen LogP contribution in [0.25, 0.3) is 22.4 Å². The molecule has 2 atom stereocenters. The molecule has 0 bridgehead atoms. The summed E-state index contributed by atoms with van der Waals surface area (Å²) in [5.74, 6) is -1.52. The van der Waals surface area contributed by atoms with E-state index in [1.807, 2.05) is 38.1 Å². The van der Waals surface area contributed by atoms with Crippen LogP contribution in [0.1, 0.15) is 35.0 Å². The van der Waals surface area contributed by atoms with Gasteiger partial charge in [0.25, 0.3) is 11.6 Å². The number of rotatable bonds is 3. The predicted octanol–water partition coefficient (Wildman–Crippen LogP) is 3.69. The molecule has 7 heteroatoms. The molecule has 2 aromatic heterocycles. The van der Waals surface area contributed by atoms with Crippen LogP contribution in [0.3, 0.4) is 0 Å². The minimum Gasteiger partial charge on any atom is -0.481 e. The van der Waals surface area contributed by atoms with Gasteiger partial charge in [0.05, 0.1) is 28.3 Å². The number of carboxylic acids is 1. The first-order valence-electron chi connectivity index (χ1n) is 9.69. The van der Waals surface area contributed by atoms with E-state index in [-0.39, 0.29) is 18.4 Å². The van der Waals surface area contributed by atoms with Crippen LogP contribution in [-0.2, 0) is 4.79 Å². The van der Waals surface area contributed by atoms with E-state index in [1.54, 1.807) is 17.9 Å². The van der Waals surface area contributed by atoms with Crippen LogP contribution < -0.4 is 0 Å². The molecule has 0 saturated carbocycles. The zero-order valence-corrected chi connectivity index (χ0v) is 16.7. The highest BCUT2D eigenvalue weighted by molar-refractivity contribution is 6.07. The van der Waals surface area contributed by atoms with Gasteiger partial charge in [-0.05, 0) is 32.3 Å². The molecule has 1 fully saturated rings. The van der Waals surface area contributed by atoms with Crippen LogP contribution in [-0.4, -0.2) is 45.1 Å². The molecule has 3 aromatic rings. The summed E-state index contributed by atoms with van der Waals surface area (Å²) in [6.45, 7) is 6.48. The maximum Gasteiger partial charge on any atom is 0.308 e. The quantitative estimate of drug-likeness (QED) is 0.729. The maximum atomic E-state index is 13.5. The van der Waals surface area contributed by atoms with Gasteiger partial charge < -0.3 is 14.5 Å². The minimum absolute atomic E-state index is 0.117. The smallest absolute Gasteiger partial charge is 0.308 e. The van der Waals surface area contributed by atoms with Crippen molar-refractivity contribution in [2.75, 3.05) is 13.1 Å². The molecule has 1 N–H and O–H groups in total. The van der Waals surface area contributed by atoms with Gasteiger partial charge in [0.1, 0.15) is 0 Å². The Labute approximate surface area is 168 Å². The van der Waals surface area contributed by atoms with Gasteiger partial charge >= 0.3 is 5.97 Å². The lowest BCUT2D eigenvalue weighted by atomic mass is 9.90. The molecule has 1 aromatic carbocycles. The lowest BCUT2D eigenvalue weighted by Crippen LogP contribution is -2.45. The van der Waals surface area contributed by atoms with Crippen molar-refractivity contribution in [3.05, 3.63) is 47.2 Å². The second kappa shape index (κ2) is 7.31. The van der Waals surface area contributed by atoms with Gasteiger partial charge in [-0.3, -0.25) is 9.59 Å². The highest BCUT2D eigenvalue weighted by Gasteiger charge is 2.33. The van der Waals surface area contributed by atoms with Crippen molar-refractivity contribution in [3.8, 4) is 11.3 Å². The molecule has 29 heavy (non-hydrogen) atoms. The standard InChI is InChI=1S/C22H23N3O4/c1-12-4-6-15(7-5-12)18-9-17(19-14(3)24-29-20(19)23-18)21(26)25-10-13(2)8-16(11-25)22(27)28/h4-7,9,13,16H,8,10-11H2,1-3H3,(H,27,28). The van der Waals surface area contributed by atoms with Crippen molar-refractivity contribution >= 4 is 23.0 Å². The number of fused-ring (bicyclic) bond motifs is 1. The predicted molar refractivity (Wildman–Crippen MR) is 108 cm³/mol. The van der Waals surface area contributed by atoms with E-state index >= 15 is 0 Å². The summed E-state index contributed by atoms with van der Waals surface area (Å²) in [7, 11) is 0. The molecule has 1 aliphatic rings. The number of carboxylic acid groups (broad SMARTS) is 1. The van der Waals surface area contributed by atoms with E-state index in [0.717, 1.165) is 11.1 Å². The van der Waals surface area contributed by atoms with Crippen LogP contribution in [0, 0.1) is 25.7 Å². The van der Waals surface area contributed by atoms with Crippen LogP contribution in [0.4, 0.5) is 0 Å². The highest BCUT2D eigenvalue weighted by atomic mass is 16.5. The average Bonchev–Trinajstić information content (AvgIpc) is 3.07. The van der Waals surface area contributed by atoms with Gasteiger partial charge in [0.15, 0.2) is 0 Å². The molecule has 150 valence electrons. The molecule has 1 aliphatic heterocycles. The molecule has 3 heterocycles. The van der Waals surface area contributed by atoms with E-state index in [2.05, 4.69) is 10.1 Å². The number of hydrogen-bond donors (Lipinski definition) is 1. The summed E-state index contributed by atoms with van der Waals surface area (Å²) >= 11 is 0. The van der Waals surface area contributed by atoms with Gasteiger partial charge in [-0.25, -0.2) is 4.98 Å². The summed E-state index contributed by atoms with van der Waals surface area (Å²) in [6, 6.07) is 9.62. The van der Waals surface area contributed by atoms with Gasteiger partial charge in [0.2, 0.25) is 0 Å². The summed E-state index contributed by atoms with van der Waals surface area (Å²) in [6.07, 6.45) is 0.575. The van der Waals surface area contributed by atoms with Gasteiger partial charge in [-0.15, -0.1) is 0 Å². The Morgan fingerprint density at radius 2 is 1.90 bits per heavy atom. The molecule has 7 nitrogen and oxygen atoms in total. The van der Waals surface area contributed by atoms with Crippen molar-refractivity contribution in [1.29, 1.82) is 0 Å². The minimum atomic E-state index is -0.865. The Bertz CT molecular complexity index is 1090. The van der Waals surface area contributed by atoms with Gasteiger partial charge in [-0.2, -0.15) is 0 Å². The number of likely N-dealkylation sites (tertiary alicyclic amines) is 1. The van der Waals surface area contributed by atoms with Gasteiger partial charge in [0, 0.05) is 18.7 Å². The van der Waals surface area contributed by atoms with Crippen molar-refractivity contribution in [2.24, 2.45) is 11.8 Å². The summed E-state index contributed by atoms with van der Waals surface area (Å²) in [5.41, 5.74) is 3.97. The number of pyridine rings is 1. The van der Waals surface area contributed by atoms with Gasteiger partial charge in [-0.1, -0.05) is 41.9 Å². The molecular weight excluding hydrogens is 370 g/mol. The first-order valence-corrected chi connectivity index (χ1v) is 9.69. The second-order valence-electron chi connectivity index (χ2n) is 7.96. The molecule has 0 spiro atoms. The normalized spacial score (nSPS) is 19.5. The lowest BCUT2D eigenvalue weighted by molar-refractivity contribution is -0.143. The molecule has 0 radical (unpaired) electrons. The number of aryl methyl sites for hydroxylation is 2. The van der Waals surface area contributed by atoms with Crippen LogP contribution in [0.15, 0.2) is 34.9 Å². The topological polar surface area (TPSA) is 96.5 Å². The highest BCUT2D eigenvalue weighted by Crippen LogP contribution is 2.30. The molecule has 2 unspecified atom stereocenters. The average molecular weight is 393 g/mol. The van der Waals surface area contributed by atoms with Crippen molar-refractivity contribution in [3.63, 3.8) is 0 Å². The first kappa shape index (κ1) is 19.1. The molecule has 0 aliphatic carbocycles. The van der Waals surface area contributed by atoms with Crippen LogP contribution in [0.5, 0.6) is 0 Å². The third-order valence-electron chi connectivity index (χ3n) is 5.49. The molecular formula is C22H23N3O4. The summed E-state index contributed by atoms with van der Waals surface area (Å²) in [5, 5.41) is 14.0. The zero-order valence-electron chi connectivity index (χ0n) is 16.7. The SMILES string of the molecule is Cc1ccc(-c2cc(C(=O)N3CC(C)CC(C(=O)O)C3)c3c(C)noc3n2)cc1. The summed E-state index contributed by atoms with van der Waals surface area (Å²) < 4.78 is 5.37. The summed E-state index contributed by atoms with van der Waals surface area (Å²) in [4.78, 5) is 31.2. The Morgan fingerprint density at radius 1 is 1.17 bits per heavy atom. The Hall–Kier alpha value is -3.22. The number of nitrogens with zero attached hydrogens (tertiary/aromatic N) is 3. The third-order valence-corrected chi connectivity index (χ3v) is 5.49. The Kier molecular flexibility index (Phi) is 4.82. The Balaban J connectivity index is 1.79. The van der Waals surface area contributed by atoms with E-state index in [0.29, 0.717) is 41.0 Å². The van der Waals surface area contributed by atoms with E-state index in [1.165, 1.54) is 0 Å². The number of carbonyl (C=O) groups is 2. The van der Waals surface area contributed by atoms with E-state index < -0.39 is 11.9 Å². The fourth-order valence-electron chi connectivity index (χ4n) is 4.00. The van der Waals surface area contributed by atoms with Crippen molar-refractivity contribution in [1.82, 2.24) is 15.0 Å². The number of amides is 1. The van der Waals surface area contributed by atoms with Crippen LogP contribution >= 0.6 is 0 Å². The van der Waals surface area contributed by atoms with E-state index in [4.69, 9.17) is 4.52 Å². The van der Waals surface area contributed by atoms with E-state index in [9.17, 15) is 14.7 Å². The number of hydrogen-bond acceptors (Lipinski definition) is 5.